The topological polar surface area (TPSA) is 81.9 Å². The summed E-state index contributed by atoms with van der Waals surface area (Å²) in [7, 11) is -0.950. The number of hydrogen-bond donors (Lipinski definition) is 1. The highest BCUT2D eigenvalue weighted by Crippen LogP contribution is 2.35. The Kier molecular flexibility index (Phi) is 6.81. The molecule has 0 radical (unpaired) electrons. The fourth-order valence-corrected chi connectivity index (χ4v) is 4.30. The lowest BCUT2D eigenvalue weighted by Gasteiger charge is -2.24. The SMILES string of the molecule is COc1cccc(OC)c1S(=O)(=O)N(CCCN)Cc1ccccc1. The van der Waals surface area contributed by atoms with Gasteiger partial charge in [0.15, 0.2) is 4.90 Å². The van der Waals surface area contributed by atoms with Gasteiger partial charge >= 0.3 is 0 Å². The van der Waals surface area contributed by atoms with Gasteiger partial charge in [-0.3, -0.25) is 0 Å². The molecule has 0 unspecified atom stereocenters. The summed E-state index contributed by atoms with van der Waals surface area (Å²) in [6.07, 6.45) is 0.559. The first-order chi connectivity index (χ1) is 12.0. The molecule has 6 nitrogen and oxygen atoms in total. The summed E-state index contributed by atoms with van der Waals surface area (Å²) in [6, 6.07) is 14.4. The summed E-state index contributed by atoms with van der Waals surface area (Å²) < 4.78 is 38.6. The number of sulfonamides is 1. The monoisotopic (exact) mass is 364 g/mol. The maximum atomic E-state index is 13.3. The van der Waals surface area contributed by atoms with Crippen LogP contribution in [0, 0.1) is 0 Å². The molecular formula is C18H24N2O4S. The van der Waals surface area contributed by atoms with Crippen molar-refractivity contribution in [1.29, 1.82) is 0 Å². The van der Waals surface area contributed by atoms with E-state index in [1.165, 1.54) is 18.5 Å². The van der Waals surface area contributed by atoms with Gasteiger partial charge in [-0.15, -0.1) is 0 Å². The number of methoxy groups -OCH3 is 2. The number of ether oxygens (including phenoxy) is 2. The zero-order valence-electron chi connectivity index (χ0n) is 14.5. The normalized spacial score (nSPS) is 11.5. The lowest BCUT2D eigenvalue weighted by molar-refractivity contribution is 0.360. The van der Waals surface area contributed by atoms with Crippen molar-refractivity contribution in [3.63, 3.8) is 0 Å². The summed E-state index contributed by atoms with van der Waals surface area (Å²) in [5.41, 5.74) is 6.49. The molecule has 0 fully saturated rings. The number of benzene rings is 2. The first-order valence-electron chi connectivity index (χ1n) is 7.99. The van der Waals surface area contributed by atoms with E-state index in [9.17, 15) is 8.42 Å². The molecule has 0 heterocycles. The second-order valence-electron chi connectivity index (χ2n) is 5.46. The van der Waals surface area contributed by atoms with Crippen molar-refractivity contribution in [2.45, 2.75) is 17.9 Å². The Balaban J connectivity index is 2.48. The highest BCUT2D eigenvalue weighted by Gasteiger charge is 2.31. The Morgan fingerprint density at radius 1 is 0.960 bits per heavy atom. The number of nitrogens with two attached hydrogens (primary N) is 1. The first kappa shape index (κ1) is 19.2. The van der Waals surface area contributed by atoms with E-state index in [0.717, 1.165) is 5.56 Å². The quantitative estimate of drug-likeness (QED) is 0.738. The Morgan fingerprint density at radius 3 is 2.08 bits per heavy atom. The number of rotatable bonds is 9. The lowest BCUT2D eigenvalue weighted by Crippen LogP contribution is -2.33. The predicted molar refractivity (Wildman–Crippen MR) is 97.3 cm³/mol. The van der Waals surface area contributed by atoms with E-state index >= 15 is 0 Å². The molecule has 136 valence electrons. The molecular weight excluding hydrogens is 340 g/mol. The van der Waals surface area contributed by atoms with E-state index in [1.807, 2.05) is 30.3 Å². The molecule has 0 aliphatic rings. The summed E-state index contributed by atoms with van der Waals surface area (Å²) in [5.74, 6) is 0.510. The standard InChI is InChI=1S/C18H24N2O4S/c1-23-16-10-6-11-17(24-2)18(16)25(21,22)20(13-7-12-19)14-15-8-4-3-5-9-15/h3-6,8-11H,7,12-14,19H2,1-2H3. The van der Waals surface area contributed by atoms with Gasteiger partial charge in [-0.25, -0.2) is 8.42 Å². The maximum absolute atomic E-state index is 13.3. The van der Waals surface area contributed by atoms with Gasteiger partial charge in [-0.05, 0) is 30.7 Å². The molecule has 0 saturated carbocycles. The molecule has 0 aliphatic heterocycles. The second-order valence-corrected chi connectivity index (χ2v) is 7.33. The molecule has 0 saturated heterocycles. The maximum Gasteiger partial charge on any atom is 0.250 e. The molecule has 0 amide bonds. The van der Waals surface area contributed by atoms with E-state index in [-0.39, 0.29) is 22.9 Å². The van der Waals surface area contributed by atoms with E-state index < -0.39 is 10.0 Å². The van der Waals surface area contributed by atoms with Crippen LogP contribution in [0.15, 0.2) is 53.4 Å². The van der Waals surface area contributed by atoms with Crippen LogP contribution in [0.3, 0.4) is 0 Å². The molecule has 2 rings (SSSR count). The minimum absolute atomic E-state index is 0.0351. The fraction of sp³-hybridized carbons (Fsp3) is 0.333. The summed E-state index contributed by atoms with van der Waals surface area (Å²) in [6.45, 7) is 0.975. The van der Waals surface area contributed by atoms with Crippen LogP contribution < -0.4 is 15.2 Å². The molecule has 0 aromatic heterocycles. The third-order valence-corrected chi connectivity index (χ3v) is 5.70. The Morgan fingerprint density at radius 2 is 1.56 bits per heavy atom. The van der Waals surface area contributed by atoms with Gasteiger partial charge in [0.25, 0.3) is 10.0 Å². The van der Waals surface area contributed by atoms with Crippen molar-refractivity contribution < 1.29 is 17.9 Å². The van der Waals surface area contributed by atoms with Crippen LogP contribution >= 0.6 is 0 Å². The van der Waals surface area contributed by atoms with Gasteiger partial charge < -0.3 is 15.2 Å². The van der Waals surface area contributed by atoms with Gasteiger partial charge in [0.1, 0.15) is 11.5 Å². The number of nitrogens with zero attached hydrogens (tertiary/aromatic N) is 1. The number of hydrogen-bond acceptors (Lipinski definition) is 5. The van der Waals surface area contributed by atoms with Crippen LogP contribution in [0.5, 0.6) is 11.5 Å². The highest BCUT2D eigenvalue weighted by molar-refractivity contribution is 7.89. The van der Waals surface area contributed by atoms with Gasteiger partial charge in [0.2, 0.25) is 0 Å². The minimum atomic E-state index is -3.83. The van der Waals surface area contributed by atoms with Crippen LogP contribution in [-0.4, -0.2) is 40.0 Å². The summed E-state index contributed by atoms with van der Waals surface area (Å²) in [5, 5.41) is 0. The molecule has 25 heavy (non-hydrogen) atoms. The van der Waals surface area contributed by atoms with Crippen molar-refractivity contribution in [1.82, 2.24) is 4.31 Å². The predicted octanol–water partition coefficient (Wildman–Crippen LogP) is 2.24. The third-order valence-electron chi connectivity index (χ3n) is 3.79. The Hall–Kier alpha value is -2.09. The highest BCUT2D eigenvalue weighted by atomic mass is 32.2. The van der Waals surface area contributed by atoms with Gasteiger partial charge in [0.05, 0.1) is 14.2 Å². The smallest absolute Gasteiger partial charge is 0.250 e. The second kappa shape index (κ2) is 8.84. The largest absolute Gasteiger partial charge is 0.495 e. The van der Waals surface area contributed by atoms with Gasteiger partial charge in [-0.2, -0.15) is 4.31 Å². The van der Waals surface area contributed by atoms with Crippen LogP contribution in [0.2, 0.25) is 0 Å². The average molecular weight is 364 g/mol. The van der Waals surface area contributed by atoms with Crippen LogP contribution in [0.4, 0.5) is 0 Å². The van der Waals surface area contributed by atoms with Crippen molar-refractivity contribution in [3.8, 4) is 11.5 Å². The van der Waals surface area contributed by atoms with E-state index in [4.69, 9.17) is 15.2 Å². The molecule has 2 aromatic rings. The van der Waals surface area contributed by atoms with Crippen LogP contribution in [0.1, 0.15) is 12.0 Å². The van der Waals surface area contributed by atoms with Crippen molar-refractivity contribution in [2.75, 3.05) is 27.3 Å². The Bertz CT molecular complexity index is 757. The molecule has 0 bridgehead atoms. The van der Waals surface area contributed by atoms with E-state index in [2.05, 4.69) is 0 Å². The van der Waals surface area contributed by atoms with Gasteiger partial charge in [-0.1, -0.05) is 36.4 Å². The zero-order valence-corrected chi connectivity index (χ0v) is 15.3. The van der Waals surface area contributed by atoms with Crippen LogP contribution in [0.25, 0.3) is 0 Å². The summed E-state index contributed by atoms with van der Waals surface area (Å²) >= 11 is 0. The zero-order chi connectivity index (χ0) is 18.3. The minimum Gasteiger partial charge on any atom is -0.495 e. The first-order valence-corrected chi connectivity index (χ1v) is 9.43. The fourth-order valence-electron chi connectivity index (χ4n) is 2.54. The van der Waals surface area contributed by atoms with Crippen LogP contribution in [-0.2, 0) is 16.6 Å². The van der Waals surface area contributed by atoms with E-state index in [1.54, 1.807) is 18.2 Å². The van der Waals surface area contributed by atoms with Crippen molar-refractivity contribution in [3.05, 3.63) is 54.1 Å². The average Bonchev–Trinajstić information content (AvgIpc) is 2.64. The van der Waals surface area contributed by atoms with E-state index in [0.29, 0.717) is 19.5 Å². The molecule has 7 heteroatoms. The lowest BCUT2D eigenvalue weighted by atomic mass is 10.2. The third kappa shape index (κ3) is 4.50. The molecule has 2 N–H and O–H groups in total. The van der Waals surface area contributed by atoms with Crippen molar-refractivity contribution in [2.24, 2.45) is 5.73 Å². The molecule has 0 atom stereocenters. The molecule has 2 aromatic carbocycles. The Labute approximate surface area is 149 Å². The molecule has 0 aliphatic carbocycles. The van der Waals surface area contributed by atoms with Gasteiger partial charge in [0, 0.05) is 13.1 Å². The molecule has 0 spiro atoms. The van der Waals surface area contributed by atoms with Crippen molar-refractivity contribution >= 4 is 10.0 Å². The summed E-state index contributed by atoms with van der Waals surface area (Å²) in [4.78, 5) is 0.0351.